The minimum Gasteiger partial charge on any atom is -0.481 e. The van der Waals surface area contributed by atoms with Crippen LogP contribution in [0.2, 0.25) is 0 Å². The third-order valence-corrected chi connectivity index (χ3v) is 9.09. The second kappa shape index (κ2) is 12.9. The van der Waals surface area contributed by atoms with E-state index in [2.05, 4.69) is 67.2 Å². The van der Waals surface area contributed by atoms with Gasteiger partial charge < -0.3 is 15.3 Å². The summed E-state index contributed by atoms with van der Waals surface area (Å²) in [4.78, 5) is 50.1. The van der Waals surface area contributed by atoms with Crippen molar-refractivity contribution >= 4 is 41.3 Å². The molecule has 5 rings (SSSR count). The van der Waals surface area contributed by atoms with Gasteiger partial charge in [0.15, 0.2) is 5.82 Å². The Kier molecular flexibility index (Phi) is 9.06. The van der Waals surface area contributed by atoms with Gasteiger partial charge in [-0.2, -0.15) is 0 Å². The Labute approximate surface area is 261 Å². The molecule has 1 aliphatic rings. The Morgan fingerprint density at radius 2 is 1.59 bits per heavy atom. The maximum Gasteiger partial charge on any atom is 0.310 e. The van der Waals surface area contributed by atoms with Crippen molar-refractivity contribution in [2.24, 2.45) is 5.92 Å². The van der Waals surface area contributed by atoms with E-state index < -0.39 is 17.9 Å². The predicted molar refractivity (Wildman–Crippen MR) is 173 cm³/mol. The minimum atomic E-state index is -0.920. The van der Waals surface area contributed by atoms with Gasteiger partial charge in [0.05, 0.1) is 10.8 Å². The molecule has 2 aromatic heterocycles. The molecule has 1 atom stereocenters. The van der Waals surface area contributed by atoms with E-state index in [4.69, 9.17) is 0 Å². The molecule has 2 aromatic carbocycles. The highest BCUT2D eigenvalue weighted by Crippen LogP contribution is 2.29. The number of benzene rings is 2. The second-order valence-electron chi connectivity index (χ2n) is 12.2. The molecule has 226 valence electrons. The van der Waals surface area contributed by atoms with Gasteiger partial charge in [-0.3, -0.25) is 14.4 Å². The van der Waals surface area contributed by atoms with Crippen LogP contribution < -0.4 is 5.32 Å². The lowest BCUT2D eigenvalue weighted by atomic mass is 9.95. The number of thiophene rings is 1. The number of carbonyl (C=O) groups is 3. The summed E-state index contributed by atoms with van der Waals surface area (Å²) in [6, 6.07) is 18.7. The molecule has 1 aliphatic heterocycles. The molecule has 0 saturated carbocycles. The lowest BCUT2D eigenvalue weighted by Gasteiger charge is -2.38. The molecule has 44 heavy (non-hydrogen) atoms. The van der Waals surface area contributed by atoms with Crippen LogP contribution in [0.1, 0.15) is 57.6 Å². The van der Waals surface area contributed by atoms with E-state index in [-0.39, 0.29) is 36.7 Å². The third-order valence-electron chi connectivity index (χ3n) is 7.58. The first kappa shape index (κ1) is 30.8. The summed E-state index contributed by atoms with van der Waals surface area (Å²) in [5.74, 6) is -1.52. The maximum atomic E-state index is 13.4. The maximum absolute atomic E-state index is 13.4. The summed E-state index contributed by atoms with van der Waals surface area (Å²) < 4.78 is 0. The summed E-state index contributed by atoms with van der Waals surface area (Å²) in [6.07, 6.45) is 7.81. The number of likely N-dealkylation sites (tertiary alicyclic amines) is 1. The highest BCUT2D eigenvalue weighted by molar-refractivity contribution is 7.14. The Morgan fingerprint density at radius 3 is 2.18 bits per heavy atom. The fourth-order valence-electron chi connectivity index (χ4n) is 4.80. The standard InChI is InChI=1S/C35H36N4O4S/c1-22-5-7-23(8-6-22)9-10-25-18-36-31(37-19-25)26-13-11-24(12-14-26)17-28(33(41)39-20-27(21-39)34(42)43)38-32(40)29-15-16-30(44-29)35(2,3)4/h5-16,18-19,27-28H,17,20-21H2,1-4H3,(H,38,40)(H,42,43)/b10-9+/t28-/m0/s1. The van der Waals surface area contributed by atoms with Crippen molar-refractivity contribution in [3.05, 3.63) is 105 Å². The van der Waals surface area contributed by atoms with E-state index in [9.17, 15) is 19.5 Å². The summed E-state index contributed by atoms with van der Waals surface area (Å²) in [5, 5.41) is 12.2. The van der Waals surface area contributed by atoms with Crippen LogP contribution >= 0.6 is 11.3 Å². The Bertz CT molecular complexity index is 1660. The number of aryl methyl sites for hydroxylation is 1. The average molecular weight is 609 g/mol. The number of nitrogens with one attached hydrogen (secondary N) is 1. The summed E-state index contributed by atoms with van der Waals surface area (Å²) in [5.41, 5.74) is 4.79. The minimum absolute atomic E-state index is 0.0915. The normalized spacial score (nSPS) is 14.3. The SMILES string of the molecule is Cc1ccc(/C=C/c2cnc(-c3ccc(C[C@H](NC(=O)c4ccc(C(C)(C)C)s4)C(=O)N4CC(C(=O)O)C4)cc3)nc2)cc1. The van der Waals surface area contributed by atoms with Crippen molar-refractivity contribution in [2.45, 2.75) is 45.6 Å². The van der Waals surface area contributed by atoms with Gasteiger partial charge in [0.2, 0.25) is 5.91 Å². The van der Waals surface area contributed by atoms with Gasteiger partial charge in [-0.1, -0.05) is 87.0 Å². The number of aliphatic carboxylic acids is 1. The molecule has 0 spiro atoms. The van der Waals surface area contributed by atoms with Crippen molar-refractivity contribution in [3.8, 4) is 11.4 Å². The van der Waals surface area contributed by atoms with E-state index >= 15 is 0 Å². The Morgan fingerprint density at radius 1 is 0.955 bits per heavy atom. The number of carboxylic acids is 1. The van der Waals surface area contributed by atoms with Crippen LogP contribution in [0.5, 0.6) is 0 Å². The van der Waals surface area contributed by atoms with E-state index in [1.807, 2.05) is 42.5 Å². The van der Waals surface area contributed by atoms with Crippen LogP contribution in [0.15, 0.2) is 73.1 Å². The van der Waals surface area contributed by atoms with E-state index in [1.165, 1.54) is 21.8 Å². The number of carbonyl (C=O) groups excluding carboxylic acids is 2. The molecule has 0 aliphatic carbocycles. The molecular formula is C35H36N4O4S. The molecule has 0 unspecified atom stereocenters. The van der Waals surface area contributed by atoms with Gasteiger partial charge in [0.1, 0.15) is 6.04 Å². The van der Waals surface area contributed by atoms with Gasteiger partial charge in [0, 0.05) is 47.9 Å². The molecule has 1 saturated heterocycles. The summed E-state index contributed by atoms with van der Waals surface area (Å²) in [7, 11) is 0. The number of hydrogen-bond donors (Lipinski definition) is 2. The fraction of sp³-hybridized carbons (Fsp3) is 0.286. The van der Waals surface area contributed by atoms with Crippen LogP contribution in [0.25, 0.3) is 23.5 Å². The Balaban J connectivity index is 1.27. The number of rotatable bonds is 9. The van der Waals surface area contributed by atoms with Crippen molar-refractivity contribution in [3.63, 3.8) is 0 Å². The van der Waals surface area contributed by atoms with Gasteiger partial charge in [-0.05, 0) is 35.6 Å². The van der Waals surface area contributed by atoms with Crippen molar-refractivity contribution in [1.82, 2.24) is 20.2 Å². The van der Waals surface area contributed by atoms with Crippen LogP contribution in [-0.4, -0.2) is 56.9 Å². The third kappa shape index (κ3) is 7.47. The number of hydrogen-bond acceptors (Lipinski definition) is 6. The molecule has 3 heterocycles. The van der Waals surface area contributed by atoms with Gasteiger partial charge in [0.25, 0.3) is 5.91 Å². The predicted octanol–water partition coefficient (Wildman–Crippen LogP) is 5.87. The molecule has 8 nitrogen and oxygen atoms in total. The first-order valence-corrected chi connectivity index (χ1v) is 15.4. The van der Waals surface area contributed by atoms with Crippen molar-refractivity contribution < 1.29 is 19.5 Å². The smallest absolute Gasteiger partial charge is 0.310 e. The fourth-order valence-corrected chi connectivity index (χ4v) is 5.76. The molecule has 1 fully saturated rings. The van der Waals surface area contributed by atoms with Crippen LogP contribution in [0.4, 0.5) is 0 Å². The van der Waals surface area contributed by atoms with E-state index in [0.717, 1.165) is 27.1 Å². The second-order valence-corrected chi connectivity index (χ2v) is 13.3. The van der Waals surface area contributed by atoms with Crippen LogP contribution in [0, 0.1) is 12.8 Å². The Hall–Kier alpha value is -4.63. The largest absolute Gasteiger partial charge is 0.481 e. The molecule has 0 radical (unpaired) electrons. The summed E-state index contributed by atoms with van der Waals surface area (Å²) in [6.45, 7) is 8.59. The molecular weight excluding hydrogens is 572 g/mol. The van der Waals surface area contributed by atoms with Gasteiger partial charge in [-0.25, -0.2) is 9.97 Å². The zero-order valence-corrected chi connectivity index (χ0v) is 26.1. The van der Waals surface area contributed by atoms with Crippen LogP contribution in [-0.2, 0) is 21.4 Å². The first-order chi connectivity index (χ1) is 21.0. The van der Waals surface area contributed by atoms with Crippen molar-refractivity contribution in [1.29, 1.82) is 0 Å². The van der Waals surface area contributed by atoms with E-state index in [1.54, 1.807) is 18.5 Å². The van der Waals surface area contributed by atoms with Crippen LogP contribution in [0.3, 0.4) is 0 Å². The highest BCUT2D eigenvalue weighted by Gasteiger charge is 2.39. The first-order valence-electron chi connectivity index (χ1n) is 14.5. The lowest BCUT2D eigenvalue weighted by molar-refractivity contribution is -0.153. The van der Waals surface area contributed by atoms with Crippen molar-refractivity contribution in [2.75, 3.05) is 13.1 Å². The molecule has 2 N–H and O–H groups in total. The number of nitrogens with zero attached hydrogens (tertiary/aromatic N) is 3. The molecule has 4 aromatic rings. The summed E-state index contributed by atoms with van der Waals surface area (Å²) >= 11 is 1.41. The number of amides is 2. The molecule has 2 amide bonds. The zero-order chi connectivity index (χ0) is 31.4. The lowest BCUT2D eigenvalue weighted by Crippen LogP contribution is -2.59. The topological polar surface area (TPSA) is 112 Å². The average Bonchev–Trinajstić information content (AvgIpc) is 3.48. The quantitative estimate of drug-likeness (QED) is 0.246. The number of carboxylic acid groups (broad SMARTS) is 1. The van der Waals surface area contributed by atoms with Gasteiger partial charge >= 0.3 is 5.97 Å². The monoisotopic (exact) mass is 608 g/mol. The van der Waals surface area contributed by atoms with E-state index in [0.29, 0.717) is 10.7 Å². The number of aromatic nitrogens is 2. The zero-order valence-electron chi connectivity index (χ0n) is 25.3. The van der Waals surface area contributed by atoms with Gasteiger partial charge in [-0.15, -0.1) is 11.3 Å². The highest BCUT2D eigenvalue weighted by atomic mass is 32.1. The molecule has 9 heteroatoms. The molecule has 0 bridgehead atoms.